The zero-order valence-electron chi connectivity index (χ0n) is 11.0. The molecule has 3 nitrogen and oxygen atoms in total. The normalized spacial score (nSPS) is 14.8. The van der Waals surface area contributed by atoms with Gasteiger partial charge in [-0.3, -0.25) is 0 Å². The van der Waals surface area contributed by atoms with Crippen LogP contribution in [0.5, 0.6) is 0 Å². The van der Waals surface area contributed by atoms with Crippen LogP contribution in [-0.2, 0) is 9.47 Å². The lowest BCUT2D eigenvalue weighted by molar-refractivity contribution is -0.120. The third-order valence-corrected chi connectivity index (χ3v) is 2.83. The molecule has 18 heavy (non-hydrogen) atoms. The highest BCUT2D eigenvalue weighted by atomic mass is 19.2. The molecule has 0 saturated carbocycles. The number of methoxy groups -OCH3 is 2. The summed E-state index contributed by atoms with van der Waals surface area (Å²) < 4.78 is 36.9. The molecule has 0 aliphatic carbocycles. The molecule has 0 saturated heterocycles. The van der Waals surface area contributed by atoms with Crippen LogP contribution in [0.15, 0.2) is 18.2 Å². The molecule has 102 valence electrons. The molecule has 2 unspecified atom stereocenters. The molecule has 0 heterocycles. The Bertz CT molecular complexity index is 383. The van der Waals surface area contributed by atoms with E-state index in [1.54, 1.807) is 13.0 Å². The van der Waals surface area contributed by atoms with Crippen molar-refractivity contribution < 1.29 is 18.3 Å². The average molecular weight is 259 g/mol. The maximum atomic E-state index is 13.6. The quantitative estimate of drug-likeness (QED) is 0.797. The third-order valence-electron chi connectivity index (χ3n) is 2.83. The fraction of sp³-hybridized carbons (Fsp3) is 0.538. The smallest absolute Gasteiger partial charge is 0.171 e. The first-order chi connectivity index (χ1) is 8.51. The second-order valence-corrected chi connectivity index (χ2v) is 4.16. The lowest BCUT2D eigenvalue weighted by Crippen LogP contribution is -2.41. The van der Waals surface area contributed by atoms with Gasteiger partial charge in [-0.05, 0) is 19.9 Å². The van der Waals surface area contributed by atoms with Crippen molar-refractivity contribution in [3.8, 4) is 0 Å². The van der Waals surface area contributed by atoms with Gasteiger partial charge in [0.2, 0.25) is 0 Å². The van der Waals surface area contributed by atoms with E-state index in [-0.39, 0.29) is 17.6 Å². The van der Waals surface area contributed by atoms with Gasteiger partial charge < -0.3 is 14.8 Å². The molecule has 0 amide bonds. The van der Waals surface area contributed by atoms with Crippen LogP contribution in [0.4, 0.5) is 8.78 Å². The van der Waals surface area contributed by atoms with Crippen molar-refractivity contribution in [1.29, 1.82) is 0 Å². The summed E-state index contributed by atoms with van der Waals surface area (Å²) in [6.07, 6.45) is -0.441. The molecule has 0 bridgehead atoms. The summed E-state index contributed by atoms with van der Waals surface area (Å²) in [5, 5.41) is 3.11. The SMILES string of the molecule is COC(OC)C(C)NC(C)c1cccc(F)c1F. The second-order valence-electron chi connectivity index (χ2n) is 4.16. The Morgan fingerprint density at radius 2 is 1.72 bits per heavy atom. The van der Waals surface area contributed by atoms with E-state index >= 15 is 0 Å². The van der Waals surface area contributed by atoms with Crippen molar-refractivity contribution in [2.24, 2.45) is 0 Å². The first-order valence-corrected chi connectivity index (χ1v) is 5.76. The molecule has 0 spiro atoms. The molecule has 1 rings (SSSR count). The summed E-state index contributed by atoms with van der Waals surface area (Å²) in [7, 11) is 3.06. The van der Waals surface area contributed by atoms with Gasteiger partial charge in [-0.25, -0.2) is 8.78 Å². The van der Waals surface area contributed by atoms with E-state index in [0.29, 0.717) is 0 Å². The van der Waals surface area contributed by atoms with E-state index in [0.717, 1.165) is 6.07 Å². The number of ether oxygens (including phenoxy) is 2. The Hall–Kier alpha value is -1.04. The monoisotopic (exact) mass is 259 g/mol. The molecule has 0 aromatic heterocycles. The van der Waals surface area contributed by atoms with Crippen molar-refractivity contribution in [3.63, 3.8) is 0 Å². The Morgan fingerprint density at radius 3 is 2.28 bits per heavy atom. The van der Waals surface area contributed by atoms with Gasteiger partial charge in [-0.15, -0.1) is 0 Å². The summed E-state index contributed by atoms with van der Waals surface area (Å²) >= 11 is 0. The van der Waals surface area contributed by atoms with Gasteiger partial charge in [0.05, 0.1) is 6.04 Å². The summed E-state index contributed by atoms with van der Waals surface area (Å²) in [4.78, 5) is 0. The number of nitrogens with one attached hydrogen (secondary N) is 1. The van der Waals surface area contributed by atoms with Crippen molar-refractivity contribution in [2.75, 3.05) is 14.2 Å². The number of rotatable bonds is 6. The minimum Gasteiger partial charge on any atom is -0.354 e. The highest BCUT2D eigenvalue weighted by Gasteiger charge is 2.20. The third kappa shape index (κ3) is 3.48. The maximum Gasteiger partial charge on any atom is 0.171 e. The Kier molecular flexibility index (Phi) is 5.65. The lowest BCUT2D eigenvalue weighted by Gasteiger charge is -2.26. The van der Waals surface area contributed by atoms with Gasteiger partial charge >= 0.3 is 0 Å². The molecule has 1 N–H and O–H groups in total. The minimum atomic E-state index is -0.844. The molecule has 1 aromatic rings. The number of benzene rings is 1. The van der Waals surface area contributed by atoms with Crippen LogP contribution in [-0.4, -0.2) is 26.6 Å². The van der Waals surface area contributed by atoms with Crippen LogP contribution < -0.4 is 5.32 Å². The van der Waals surface area contributed by atoms with Gasteiger partial charge in [-0.1, -0.05) is 12.1 Å². The average Bonchev–Trinajstić information content (AvgIpc) is 2.34. The van der Waals surface area contributed by atoms with Crippen LogP contribution in [0, 0.1) is 11.6 Å². The molecule has 1 aromatic carbocycles. The van der Waals surface area contributed by atoms with Gasteiger partial charge in [0.25, 0.3) is 0 Å². The van der Waals surface area contributed by atoms with E-state index in [2.05, 4.69) is 5.32 Å². The van der Waals surface area contributed by atoms with Gasteiger partial charge in [0.15, 0.2) is 17.9 Å². The molecule has 0 fully saturated rings. The van der Waals surface area contributed by atoms with Crippen molar-refractivity contribution >= 4 is 0 Å². The fourth-order valence-electron chi connectivity index (χ4n) is 1.92. The van der Waals surface area contributed by atoms with E-state index < -0.39 is 17.9 Å². The van der Waals surface area contributed by atoms with Crippen LogP contribution in [0.1, 0.15) is 25.5 Å². The molecule has 0 aliphatic heterocycles. The predicted molar refractivity (Wildman–Crippen MR) is 65.2 cm³/mol. The Balaban J connectivity index is 2.76. The van der Waals surface area contributed by atoms with Crippen LogP contribution in [0.3, 0.4) is 0 Å². The summed E-state index contributed by atoms with van der Waals surface area (Å²) in [6, 6.07) is 3.64. The first kappa shape index (κ1) is 15.0. The fourth-order valence-corrected chi connectivity index (χ4v) is 1.92. The standard InChI is InChI=1S/C13H19F2NO2/c1-8(16-9(2)13(17-3)18-4)10-6-5-7-11(14)12(10)15/h5-9,13,16H,1-4H3. The zero-order valence-corrected chi connectivity index (χ0v) is 11.0. The van der Waals surface area contributed by atoms with Crippen LogP contribution >= 0.6 is 0 Å². The number of hydrogen-bond donors (Lipinski definition) is 1. The summed E-state index contributed by atoms with van der Waals surface area (Å²) in [6.45, 7) is 3.61. The van der Waals surface area contributed by atoms with E-state index in [1.807, 2.05) is 6.92 Å². The molecule has 2 atom stereocenters. The molecular formula is C13H19F2NO2. The maximum absolute atomic E-state index is 13.6. The van der Waals surface area contributed by atoms with Crippen molar-refractivity contribution in [1.82, 2.24) is 5.32 Å². The predicted octanol–water partition coefficient (Wildman–Crippen LogP) is 2.62. The van der Waals surface area contributed by atoms with E-state index in [9.17, 15) is 8.78 Å². The minimum absolute atomic E-state index is 0.155. The zero-order chi connectivity index (χ0) is 13.7. The molecule has 0 aliphatic rings. The number of halogens is 2. The first-order valence-electron chi connectivity index (χ1n) is 5.76. The molecule has 0 radical (unpaired) electrons. The molecular weight excluding hydrogens is 240 g/mol. The van der Waals surface area contributed by atoms with E-state index in [1.165, 1.54) is 20.3 Å². The van der Waals surface area contributed by atoms with E-state index in [4.69, 9.17) is 9.47 Å². The summed E-state index contributed by atoms with van der Waals surface area (Å²) in [5.41, 5.74) is 0.285. The Morgan fingerprint density at radius 1 is 1.11 bits per heavy atom. The lowest BCUT2D eigenvalue weighted by atomic mass is 10.1. The van der Waals surface area contributed by atoms with Gasteiger partial charge in [-0.2, -0.15) is 0 Å². The van der Waals surface area contributed by atoms with Gasteiger partial charge in [0, 0.05) is 25.8 Å². The van der Waals surface area contributed by atoms with Crippen molar-refractivity contribution in [2.45, 2.75) is 32.2 Å². The highest BCUT2D eigenvalue weighted by Crippen LogP contribution is 2.20. The highest BCUT2D eigenvalue weighted by molar-refractivity contribution is 5.22. The van der Waals surface area contributed by atoms with Crippen LogP contribution in [0.25, 0.3) is 0 Å². The topological polar surface area (TPSA) is 30.5 Å². The number of hydrogen-bond acceptors (Lipinski definition) is 3. The Labute approximate surface area is 106 Å². The van der Waals surface area contributed by atoms with Gasteiger partial charge in [0.1, 0.15) is 0 Å². The van der Waals surface area contributed by atoms with Crippen LogP contribution in [0.2, 0.25) is 0 Å². The van der Waals surface area contributed by atoms with Crippen molar-refractivity contribution in [3.05, 3.63) is 35.4 Å². The second kappa shape index (κ2) is 6.78. The molecule has 5 heteroatoms. The largest absolute Gasteiger partial charge is 0.354 e. The summed E-state index contributed by atoms with van der Waals surface area (Å²) in [5.74, 6) is -1.67.